The average molecular weight is 226 g/mol. The standard InChI is InChI=1S/C8H12N2.C2H2O4/c1-2-7-3-5-8(10-9)6-4-7;3-1(4)2(5)6/h3-6,10H,2,9H2,1H3;(H,3,4)(H,5,6). The molecule has 6 heteroatoms. The number of hydrazine groups is 1. The molecule has 1 rings (SSSR count). The highest BCUT2D eigenvalue weighted by atomic mass is 16.4. The van der Waals surface area contributed by atoms with Crippen LogP contribution in [0.4, 0.5) is 5.69 Å². The number of aliphatic carboxylic acids is 2. The van der Waals surface area contributed by atoms with Gasteiger partial charge in [-0.1, -0.05) is 19.1 Å². The Balaban J connectivity index is 0.000000325. The SMILES string of the molecule is CCc1ccc(NN)cc1.O=C(O)C(=O)O. The van der Waals surface area contributed by atoms with Crippen LogP contribution in [-0.2, 0) is 16.0 Å². The molecule has 6 nitrogen and oxygen atoms in total. The summed E-state index contributed by atoms with van der Waals surface area (Å²) < 4.78 is 0. The Morgan fingerprint density at radius 1 is 1.19 bits per heavy atom. The fourth-order valence-corrected chi connectivity index (χ4v) is 0.837. The maximum Gasteiger partial charge on any atom is 0.414 e. The van der Waals surface area contributed by atoms with E-state index in [9.17, 15) is 0 Å². The lowest BCUT2D eigenvalue weighted by Gasteiger charge is -1.99. The van der Waals surface area contributed by atoms with Gasteiger partial charge >= 0.3 is 11.9 Å². The first-order chi connectivity index (χ1) is 7.51. The zero-order valence-electron chi connectivity index (χ0n) is 8.80. The van der Waals surface area contributed by atoms with Gasteiger partial charge in [-0.2, -0.15) is 0 Å². The number of carbonyl (C=O) groups is 2. The van der Waals surface area contributed by atoms with E-state index in [1.165, 1.54) is 5.56 Å². The maximum atomic E-state index is 9.10. The lowest BCUT2D eigenvalue weighted by molar-refractivity contribution is -0.159. The Bertz CT molecular complexity index is 313. The lowest BCUT2D eigenvalue weighted by atomic mass is 10.2. The van der Waals surface area contributed by atoms with E-state index in [2.05, 4.69) is 24.5 Å². The van der Waals surface area contributed by atoms with Crippen LogP contribution >= 0.6 is 0 Å². The second-order valence-electron chi connectivity index (χ2n) is 2.81. The highest BCUT2D eigenvalue weighted by molar-refractivity contribution is 6.27. The van der Waals surface area contributed by atoms with Crippen LogP contribution in [0.15, 0.2) is 24.3 Å². The van der Waals surface area contributed by atoms with Crippen molar-refractivity contribution in [3.05, 3.63) is 29.8 Å². The molecule has 0 heterocycles. The van der Waals surface area contributed by atoms with E-state index in [1.807, 2.05) is 12.1 Å². The van der Waals surface area contributed by atoms with Crippen molar-refractivity contribution in [3.63, 3.8) is 0 Å². The molecule has 0 radical (unpaired) electrons. The van der Waals surface area contributed by atoms with Gasteiger partial charge < -0.3 is 15.6 Å². The second kappa shape index (κ2) is 7.24. The van der Waals surface area contributed by atoms with Gasteiger partial charge in [0.15, 0.2) is 0 Å². The monoisotopic (exact) mass is 226 g/mol. The minimum absolute atomic E-state index is 0.956. The van der Waals surface area contributed by atoms with Gasteiger partial charge in [0.25, 0.3) is 0 Å². The zero-order chi connectivity index (χ0) is 12.6. The Labute approximate surface area is 92.7 Å². The summed E-state index contributed by atoms with van der Waals surface area (Å²) in [5.41, 5.74) is 4.87. The molecule has 0 aliphatic heterocycles. The molecule has 0 saturated heterocycles. The highest BCUT2D eigenvalue weighted by Crippen LogP contribution is 2.07. The van der Waals surface area contributed by atoms with Crippen molar-refractivity contribution >= 4 is 17.6 Å². The van der Waals surface area contributed by atoms with E-state index in [-0.39, 0.29) is 0 Å². The number of hydrogen-bond donors (Lipinski definition) is 4. The van der Waals surface area contributed by atoms with Crippen LogP contribution in [0.5, 0.6) is 0 Å². The van der Waals surface area contributed by atoms with Crippen LogP contribution < -0.4 is 11.3 Å². The van der Waals surface area contributed by atoms with Gasteiger partial charge in [-0.05, 0) is 24.1 Å². The first-order valence-corrected chi connectivity index (χ1v) is 4.53. The summed E-state index contributed by atoms with van der Waals surface area (Å²) >= 11 is 0. The lowest BCUT2D eigenvalue weighted by Crippen LogP contribution is -2.09. The first-order valence-electron chi connectivity index (χ1n) is 4.53. The molecule has 0 aromatic heterocycles. The van der Waals surface area contributed by atoms with Gasteiger partial charge in [-0.15, -0.1) is 0 Å². The maximum absolute atomic E-state index is 9.10. The van der Waals surface area contributed by atoms with Crippen LogP contribution in [0.25, 0.3) is 0 Å². The average Bonchev–Trinajstić information content (AvgIpc) is 2.30. The number of carboxylic acids is 2. The molecule has 0 aliphatic rings. The number of nitrogens with one attached hydrogen (secondary N) is 1. The number of rotatable bonds is 2. The zero-order valence-corrected chi connectivity index (χ0v) is 8.80. The van der Waals surface area contributed by atoms with Gasteiger partial charge in [0.1, 0.15) is 0 Å². The number of benzene rings is 1. The summed E-state index contributed by atoms with van der Waals surface area (Å²) in [7, 11) is 0. The third-order valence-electron chi connectivity index (χ3n) is 1.71. The summed E-state index contributed by atoms with van der Waals surface area (Å²) in [5.74, 6) is 1.54. The molecule has 0 fully saturated rings. The fourth-order valence-electron chi connectivity index (χ4n) is 0.837. The Morgan fingerprint density at radius 2 is 1.62 bits per heavy atom. The molecule has 1 aromatic carbocycles. The Morgan fingerprint density at radius 3 is 1.88 bits per heavy atom. The summed E-state index contributed by atoms with van der Waals surface area (Å²) in [4.78, 5) is 18.2. The Hall–Kier alpha value is -2.08. The first kappa shape index (κ1) is 13.9. The molecule has 0 bridgehead atoms. The van der Waals surface area contributed by atoms with Crippen molar-refractivity contribution in [3.8, 4) is 0 Å². The summed E-state index contributed by atoms with van der Waals surface area (Å²) in [6, 6.07) is 8.07. The van der Waals surface area contributed by atoms with E-state index in [0.29, 0.717) is 0 Å². The Kier molecular flexibility index (Phi) is 6.30. The third kappa shape index (κ3) is 5.61. The quantitative estimate of drug-likeness (QED) is 0.335. The molecule has 0 aliphatic carbocycles. The number of anilines is 1. The van der Waals surface area contributed by atoms with Crippen LogP contribution in [-0.4, -0.2) is 22.2 Å². The topological polar surface area (TPSA) is 113 Å². The molecule has 1 aromatic rings. The number of carboxylic acid groups (broad SMARTS) is 2. The van der Waals surface area contributed by atoms with Gasteiger partial charge in [-0.25, -0.2) is 9.59 Å². The van der Waals surface area contributed by atoms with Crippen LogP contribution in [0, 0.1) is 0 Å². The van der Waals surface area contributed by atoms with Crippen molar-refractivity contribution in [2.45, 2.75) is 13.3 Å². The molecule has 0 spiro atoms. The highest BCUT2D eigenvalue weighted by Gasteiger charge is 2.04. The summed E-state index contributed by atoms with van der Waals surface area (Å²) in [6.45, 7) is 2.13. The van der Waals surface area contributed by atoms with Gasteiger partial charge in [0, 0.05) is 5.69 Å². The van der Waals surface area contributed by atoms with Gasteiger partial charge in [0.05, 0.1) is 0 Å². The molecule has 0 unspecified atom stereocenters. The summed E-state index contributed by atoms with van der Waals surface area (Å²) in [6.07, 6.45) is 1.07. The normalized spacial score (nSPS) is 8.62. The van der Waals surface area contributed by atoms with E-state index in [0.717, 1.165) is 12.1 Å². The van der Waals surface area contributed by atoms with E-state index < -0.39 is 11.9 Å². The second-order valence-corrected chi connectivity index (χ2v) is 2.81. The van der Waals surface area contributed by atoms with E-state index in [4.69, 9.17) is 25.6 Å². The van der Waals surface area contributed by atoms with Crippen molar-refractivity contribution < 1.29 is 19.8 Å². The fraction of sp³-hybridized carbons (Fsp3) is 0.200. The van der Waals surface area contributed by atoms with Crippen molar-refractivity contribution in [1.82, 2.24) is 0 Å². The van der Waals surface area contributed by atoms with Gasteiger partial charge in [-0.3, -0.25) is 5.84 Å². The number of hydrogen-bond acceptors (Lipinski definition) is 4. The molecule has 16 heavy (non-hydrogen) atoms. The van der Waals surface area contributed by atoms with E-state index in [1.54, 1.807) is 0 Å². The molecule has 0 saturated carbocycles. The predicted octanol–water partition coefficient (Wildman–Crippen LogP) is 0.690. The third-order valence-corrected chi connectivity index (χ3v) is 1.71. The van der Waals surface area contributed by atoms with Crippen LogP contribution in [0.2, 0.25) is 0 Å². The molecular weight excluding hydrogens is 212 g/mol. The van der Waals surface area contributed by atoms with Crippen LogP contribution in [0.1, 0.15) is 12.5 Å². The van der Waals surface area contributed by atoms with Crippen LogP contribution in [0.3, 0.4) is 0 Å². The number of nitrogens with two attached hydrogens (primary N) is 1. The van der Waals surface area contributed by atoms with Crippen molar-refractivity contribution in [1.29, 1.82) is 0 Å². The smallest absolute Gasteiger partial charge is 0.414 e. The van der Waals surface area contributed by atoms with Crippen molar-refractivity contribution in [2.75, 3.05) is 5.43 Å². The summed E-state index contributed by atoms with van der Waals surface area (Å²) in [5, 5.41) is 14.8. The minimum Gasteiger partial charge on any atom is -0.473 e. The predicted molar refractivity (Wildman–Crippen MR) is 58.9 cm³/mol. The van der Waals surface area contributed by atoms with E-state index >= 15 is 0 Å². The van der Waals surface area contributed by atoms with Gasteiger partial charge in [0.2, 0.25) is 0 Å². The molecular formula is C10H14N2O4. The van der Waals surface area contributed by atoms with Crippen molar-refractivity contribution in [2.24, 2.45) is 5.84 Å². The minimum atomic E-state index is -1.82. The molecule has 5 N–H and O–H groups in total. The number of nitrogen functional groups attached to an aromatic ring is 1. The largest absolute Gasteiger partial charge is 0.473 e. The molecule has 0 amide bonds. The number of aryl methyl sites for hydroxylation is 1. The molecule has 88 valence electrons. The molecule has 0 atom stereocenters.